The second kappa shape index (κ2) is 12.6. The highest BCUT2D eigenvalue weighted by molar-refractivity contribution is 6.09. The summed E-state index contributed by atoms with van der Waals surface area (Å²) in [6, 6.07) is 63.6. The van der Waals surface area contributed by atoms with Crippen molar-refractivity contribution in [3.8, 4) is 56.3 Å². The van der Waals surface area contributed by atoms with Crippen molar-refractivity contribution in [2.45, 2.75) is 0 Å². The Morgan fingerprint density at radius 2 is 0.945 bits per heavy atom. The largest absolute Gasteiger partial charge is 0.298 e. The van der Waals surface area contributed by atoms with Gasteiger partial charge in [0.15, 0.2) is 5.82 Å². The van der Waals surface area contributed by atoms with Gasteiger partial charge < -0.3 is 0 Å². The zero-order valence-electron chi connectivity index (χ0n) is 29.6. The predicted octanol–water partition coefficient (Wildman–Crippen LogP) is 12.5. The van der Waals surface area contributed by atoms with Crippen molar-refractivity contribution in [1.29, 1.82) is 0 Å². The SMILES string of the molecule is c1cc(-c2cccc(-c3nc4ccccc4c4nc5ccccn5c34)c2)cc(-c2nc(-c3ccc4ccccc4c3)cc(-c3ccc4ccccc4c3)n2)c1. The highest BCUT2D eigenvalue weighted by Crippen LogP contribution is 2.36. The maximum Gasteiger partial charge on any atom is 0.160 e. The van der Waals surface area contributed by atoms with Crippen molar-refractivity contribution in [3.63, 3.8) is 0 Å². The van der Waals surface area contributed by atoms with Gasteiger partial charge in [-0.25, -0.2) is 19.9 Å². The Labute approximate surface area is 316 Å². The Morgan fingerprint density at radius 3 is 1.65 bits per heavy atom. The van der Waals surface area contributed by atoms with E-state index in [-0.39, 0.29) is 0 Å². The summed E-state index contributed by atoms with van der Waals surface area (Å²) in [5.41, 5.74) is 12.7. The van der Waals surface area contributed by atoms with Crippen LogP contribution in [0.3, 0.4) is 0 Å². The molecule has 0 unspecified atom stereocenters. The highest BCUT2D eigenvalue weighted by atomic mass is 15.0. The molecule has 0 atom stereocenters. The van der Waals surface area contributed by atoms with Gasteiger partial charge in [-0.3, -0.25) is 4.40 Å². The second-order valence-electron chi connectivity index (χ2n) is 14.0. The van der Waals surface area contributed by atoms with Crippen molar-refractivity contribution in [1.82, 2.24) is 24.3 Å². The van der Waals surface area contributed by atoms with Gasteiger partial charge in [-0.15, -0.1) is 0 Å². The van der Waals surface area contributed by atoms with Crippen LogP contribution in [-0.4, -0.2) is 24.3 Å². The lowest BCUT2D eigenvalue weighted by Gasteiger charge is -2.12. The van der Waals surface area contributed by atoms with Crippen LogP contribution in [0.15, 0.2) is 188 Å². The Bertz CT molecular complexity index is 3190. The minimum absolute atomic E-state index is 0.676. The molecule has 0 N–H and O–H groups in total. The summed E-state index contributed by atoms with van der Waals surface area (Å²) in [4.78, 5) is 20.7. The van der Waals surface area contributed by atoms with E-state index in [0.29, 0.717) is 5.82 Å². The summed E-state index contributed by atoms with van der Waals surface area (Å²) in [6.07, 6.45) is 2.07. The number of para-hydroxylation sites is 1. The minimum Gasteiger partial charge on any atom is -0.298 e. The van der Waals surface area contributed by atoms with Crippen LogP contribution in [0, 0.1) is 0 Å². The van der Waals surface area contributed by atoms with Gasteiger partial charge in [0.25, 0.3) is 0 Å². The molecule has 256 valence electrons. The number of imidazole rings is 1. The van der Waals surface area contributed by atoms with E-state index in [9.17, 15) is 0 Å². The molecule has 0 spiro atoms. The molecule has 11 rings (SSSR count). The van der Waals surface area contributed by atoms with Crippen LogP contribution in [0.5, 0.6) is 0 Å². The number of fused-ring (bicyclic) bond motifs is 7. The van der Waals surface area contributed by atoms with E-state index in [1.807, 2.05) is 30.3 Å². The zero-order chi connectivity index (χ0) is 36.3. The van der Waals surface area contributed by atoms with Crippen LogP contribution in [-0.2, 0) is 0 Å². The number of rotatable bonds is 5. The fourth-order valence-electron chi connectivity index (χ4n) is 7.81. The van der Waals surface area contributed by atoms with E-state index in [1.165, 1.54) is 21.5 Å². The molecule has 0 radical (unpaired) electrons. The molecule has 0 aliphatic carbocycles. The van der Waals surface area contributed by atoms with Gasteiger partial charge in [0.2, 0.25) is 0 Å². The van der Waals surface area contributed by atoms with E-state index >= 15 is 0 Å². The lowest BCUT2D eigenvalue weighted by atomic mass is 9.98. The van der Waals surface area contributed by atoms with Gasteiger partial charge in [-0.1, -0.05) is 133 Å². The third-order valence-electron chi connectivity index (χ3n) is 10.6. The lowest BCUT2D eigenvalue weighted by Crippen LogP contribution is -1.96. The molecule has 0 bridgehead atoms. The minimum atomic E-state index is 0.676. The van der Waals surface area contributed by atoms with E-state index in [4.69, 9.17) is 19.9 Å². The molecule has 0 saturated heterocycles. The van der Waals surface area contributed by atoms with E-state index in [2.05, 4.69) is 162 Å². The third-order valence-corrected chi connectivity index (χ3v) is 10.6. The summed E-state index contributed by atoms with van der Waals surface area (Å²) in [5, 5.41) is 5.80. The molecule has 55 heavy (non-hydrogen) atoms. The summed E-state index contributed by atoms with van der Waals surface area (Å²) in [7, 11) is 0. The fourth-order valence-corrected chi connectivity index (χ4v) is 7.81. The average molecular weight is 702 g/mol. The average Bonchev–Trinajstić information content (AvgIpc) is 3.66. The number of hydrogen-bond donors (Lipinski definition) is 0. The van der Waals surface area contributed by atoms with Crippen LogP contribution < -0.4 is 0 Å². The topological polar surface area (TPSA) is 56.0 Å². The van der Waals surface area contributed by atoms with Crippen molar-refractivity contribution in [2.24, 2.45) is 0 Å². The summed E-state index contributed by atoms with van der Waals surface area (Å²) >= 11 is 0. The first-order valence-electron chi connectivity index (χ1n) is 18.5. The maximum absolute atomic E-state index is 5.23. The van der Waals surface area contributed by atoms with Gasteiger partial charge in [-0.05, 0) is 81.2 Å². The van der Waals surface area contributed by atoms with Crippen molar-refractivity contribution in [3.05, 3.63) is 188 Å². The zero-order valence-corrected chi connectivity index (χ0v) is 29.6. The lowest BCUT2D eigenvalue weighted by molar-refractivity contribution is 1.18. The number of aromatic nitrogens is 5. The van der Waals surface area contributed by atoms with Crippen LogP contribution in [0.4, 0.5) is 0 Å². The smallest absolute Gasteiger partial charge is 0.160 e. The molecular formula is C50H31N5. The number of pyridine rings is 2. The maximum atomic E-state index is 5.23. The quantitative estimate of drug-likeness (QED) is 0.179. The van der Waals surface area contributed by atoms with Gasteiger partial charge in [0, 0.05) is 33.8 Å². The van der Waals surface area contributed by atoms with Crippen LogP contribution in [0.1, 0.15) is 0 Å². The van der Waals surface area contributed by atoms with E-state index in [0.717, 1.165) is 78.0 Å². The van der Waals surface area contributed by atoms with Gasteiger partial charge in [0.1, 0.15) is 11.2 Å². The molecule has 0 aliphatic heterocycles. The van der Waals surface area contributed by atoms with E-state index < -0.39 is 0 Å². The highest BCUT2D eigenvalue weighted by Gasteiger charge is 2.17. The Balaban J connectivity index is 1.05. The van der Waals surface area contributed by atoms with E-state index in [1.54, 1.807) is 0 Å². The number of benzene rings is 7. The second-order valence-corrected chi connectivity index (χ2v) is 14.0. The van der Waals surface area contributed by atoms with Gasteiger partial charge in [0.05, 0.1) is 28.1 Å². The molecule has 5 heteroatoms. The Kier molecular flexibility index (Phi) is 7.10. The molecule has 11 aromatic rings. The molecule has 0 amide bonds. The monoisotopic (exact) mass is 701 g/mol. The standard InChI is InChI=1S/C50H31N5/c1-3-13-34-27-38(24-22-32(34)11-1)44-31-45(39-25-23-33-12-2-4-14-35(33)28-39)53-50(52-44)41-18-10-16-37(30-41)36-15-9-17-40(29-36)47-49-48(42-19-5-6-20-43(42)51-47)54-46-21-7-8-26-55(46)49/h1-31H. The summed E-state index contributed by atoms with van der Waals surface area (Å²) in [6.45, 7) is 0. The first-order valence-corrected chi connectivity index (χ1v) is 18.5. The molecule has 0 saturated carbocycles. The molecule has 5 nitrogen and oxygen atoms in total. The Hall–Kier alpha value is -7.50. The molecule has 0 fully saturated rings. The molecule has 7 aromatic carbocycles. The van der Waals surface area contributed by atoms with Gasteiger partial charge in [-0.2, -0.15) is 0 Å². The van der Waals surface area contributed by atoms with Gasteiger partial charge >= 0.3 is 0 Å². The first kappa shape index (κ1) is 31.1. The predicted molar refractivity (Wildman–Crippen MR) is 226 cm³/mol. The van der Waals surface area contributed by atoms with Crippen molar-refractivity contribution < 1.29 is 0 Å². The molecule has 4 heterocycles. The van der Waals surface area contributed by atoms with Crippen LogP contribution >= 0.6 is 0 Å². The molecule has 4 aromatic heterocycles. The van der Waals surface area contributed by atoms with Crippen molar-refractivity contribution in [2.75, 3.05) is 0 Å². The number of nitrogens with zero attached hydrogens (tertiary/aromatic N) is 5. The summed E-state index contributed by atoms with van der Waals surface area (Å²) in [5.74, 6) is 0.676. The molecular weight excluding hydrogens is 671 g/mol. The van der Waals surface area contributed by atoms with Crippen molar-refractivity contribution >= 4 is 49.1 Å². The number of hydrogen-bond acceptors (Lipinski definition) is 4. The normalized spacial score (nSPS) is 11.6. The third kappa shape index (κ3) is 5.41. The first-order chi connectivity index (χ1) is 27.2. The van der Waals surface area contributed by atoms with Crippen LogP contribution in [0.25, 0.3) is 105 Å². The molecule has 0 aliphatic rings. The fraction of sp³-hybridized carbons (Fsp3) is 0. The van der Waals surface area contributed by atoms with Crippen LogP contribution in [0.2, 0.25) is 0 Å². The summed E-state index contributed by atoms with van der Waals surface area (Å²) < 4.78 is 2.14. The Morgan fingerprint density at radius 1 is 0.364 bits per heavy atom.